The van der Waals surface area contributed by atoms with Crippen molar-refractivity contribution in [1.29, 1.82) is 0 Å². The molecule has 0 bridgehead atoms. The molecule has 1 aliphatic heterocycles. The average Bonchev–Trinajstić information content (AvgIpc) is 3.13. The van der Waals surface area contributed by atoms with Gasteiger partial charge in [0.15, 0.2) is 9.84 Å². The molecule has 0 unspecified atom stereocenters. The van der Waals surface area contributed by atoms with Gasteiger partial charge in [-0.25, -0.2) is 13.4 Å². The molecular formula is C16H22N4O3S2. The minimum absolute atomic E-state index is 0.00618. The van der Waals surface area contributed by atoms with Crippen LogP contribution in [0.5, 0.6) is 0 Å². The van der Waals surface area contributed by atoms with E-state index in [4.69, 9.17) is 0 Å². The highest BCUT2D eigenvalue weighted by atomic mass is 32.2. The molecular weight excluding hydrogens is 360 g/mol. The second-order valence-corrected chi connectivity index (χ2v) is 9.90. The number of carbonyl (C=O) groups excluding carboxylic acids is 1. The fraction of sp³-hybridized carbons (Fsp3) is 0.562. The topological polar surface area (TPSA) is 85.2 Å². The monoisotopic (exact) mass is 382 g/mol. The smallest absolute Gasteiger partial charge is 0.229 e. The molecule has 1 amide bonds. The molecule has 0 spiro atoms. The van der Waals surface area contributed by atoms with Gasteiger partial charge in [-0.1, -0.05) is 0 Å². The first-order valence-corrected chi connectivity index (χ1v) is 10.9. The van der Waals surface area contributed by atoms with Gasteiger partial charge in [0.25, 0.3) is 0 Å². The number of rotatable bonds is 4. The third-order valence-corrected chi connectivity index (χ3v) is 6.99. The van der Waals surface area contributed by atoms with E-state index in [-0.39, 0.29) is 30.4 Å². The maximum Gasteiger partial charge on any atom is 0.229 e. The number of aryl methyl sites for hydroxylation is 3. The minimum Gasteiger partial charge on any atom is -0.333 e. The molecule has 2 aromatic heterocycles. The normalized spacial score (nSPS) is 20.0. The predicted molar refractivity (Wildman–Crippen MR) is 96.3 cm³/mol. The van der Waals surface area contributed by atoms with Crippen LogP contribution in [0.3, 0.4) is 0 Å². The minimum atomic E-state index is -3.17. The molecule has 136 valence electrons. The van der Waals surface area contributed by atoms with Crippen molar-refractivity contribution in [3.8, 4) is 0 Å². The average molecular weight is 383 g/mol. The molecule has 1 fully saturated rings. The van der Waals surface area contributed by atoms with Crippen LogP contribution in [0.25, 0.3) is 0 Å². The lowest BCUT2D eigenvalue weighted by atomic mass is 10.1. The second-order valence-electron chi connectivity index (χ2n) is 6.26. The van der Waals surface area contributed by atoms with Gasteiger partial charge in [-0.3, -0.25) is 9.48 Å². The molecule has 0 saturated carbocycles. The summed E-state index contributed by atoms with van der Waals surface area (Å²) in [6.45, 7) is 6.75. The van der Waals surface area contributed by atoms with E-state index in [9.17, 15) is 13.2 Å². The SMILES string of the molecule is CCn1cc([C@H]2CS(=O)(=O)CCN2C(=O)Cc2nc(C)sc2C)cn1. The zero-order chi connectivity index (χ0) is 18.2. The predicted octanol–water partition coefficient (Wildman–Crippen LogP) is 1.52. The zero-order valence-electron chi connectivity index (χ0n) is 14.6. The van der Waals surface area contributed by atoms with Crippen LogP contribution in [0.15, 0.2) is 12.4 Å². The van der Waals surface area contributed by atoms with E-state index < -0.39 is 15.9 Å². The van der Waals surface area contributed by atoms with Crippen LogP contribution in [-0.4, -0.2) is 52.0 Å². The Morgan fingerprint density at radius 3 is 2.76 bits per heavy atom. The molecule has 0 N–H and O–H groups in total. The number of hydrogen-bond donors (Lipinski definition) is 0. The van der Waals surface area contributed by atoms with Crippen molar-refractivity contribution in [3.05, 3.63) is 33.5 Å². The second kappa shape index (κ2) is 6.87. The first-order valence-electron chi connectivity index (χ1n) is 8.24. The van der Waals surface area contributed by atoms with Gasteiger partial charge in [0.1, 0.15) is 0 Å². The number of hydrogen-bond acceptors (Lipinski definition) is 6. The van der Waals surface area contributed by atoms with Gasteiger partial charge in [0.05, 0.1) is 40.9 Å². The summed E-state index contributed by atoms with van der Waals surface area (Å²) in [7, 11) is -3.17. The Bertz CT molecular complexity index is 885. The first-order chi connectivity index (χ1) is 11.8. The highest BCUT2D eigenvalue weighted by molar-refractivity contribution is 7.91. The Kier molecular flexibility index (Phi) is 4.97. The van der Waals surface area contributed by atoms with Gasteiger partial charge in [-0.15, -0.1) is 11.3 Å². The lowest BCUT2D eigenvalue weighted by Gasteiger charge is -2.35. The molecule has 9 heteroatoms. The molecule has 25 heavy (non-hydrogen) atoms. The Hall–Kier alpha value is -1.74. The third-order valence-electron chi connectivity index (χ3n) is 4.43. The van der Waals surface area contributed by atoms with E-state index in [1.807, 2.05) is 27.0 Å². The molecule has 0 aliphatic carbocycles. The highest BCUT2D eigenvalue weighted by Crippen LogP contribution is 2.28. The summed E-state index contributed by atoms with van der Waals surface area (Å²) in [4.78, 5) is 20.0. The van der Waals surface area contributed by atoms with Crippen molar-refractivity contribution < 1.29 is 13.2 Å². The number of nitrogens with zero attached hydrogens (tertiary/aromatic N) is 4. The standard InChI is InChI=1S/C16H22N4O3S2/c1-4-19-9-13(8-17-19)15-10-25(22,23)6-5-20(15)16(21)7-14-11(2)24-12(3)18-14/h8-9,15H,4-7,10H2,1-3H3/t15-/m1/s1. The van der Waals surface area contributed by atoms with Crippen LogP contribution < -0.4 is 0 Å². The maximum absolute atomic E-state index is 12.9. The Labute approximate surface area is 151 Å². The van der Waals surface area contributed by atoms with Crippen molar-refractivity contribution in [3.63, 3.8) is 0 Å². The fourth-order valence-corrected chi connectivity index (χ4v) is 5.42. The molecule has 1 saturated heterocycles. The van der Waals surface area contributed by atoms with Crippen molar-refractivity contribution in [1.82, 2.24) is 19.7 Å². The number of sulfone groups is 1. The van der Waals surface area contributed by atoms with Crippen LogP contribution in [0.1, 0.15) is 34.1 Å². The number of amides is 1. The third kappa shape index (κ3) is 3.92. The van der Waals surface area contributed by atoms with Crippen molar-refractivity contribution in [2.75, 3.05) is 18.1 Å². The van der Waals surface area contributed by atoms with Gasteiger partial charge in [0.2, 0.25) is 5.91 Å². The summed E-state index contributed by atoms with van der Waals surface area (Å²) >= 11 is 1.57. The fourth-order valence-electron chi connectivity index (χ4n) is 3.09. The summed E-state index contributed by atoms with van der Waals surface area (Å²) in [6, 6.07) is -0.480. The summed E-state index contributed by atoms with van der Waals surface area (Å²) < 4.78 is 26.0. The molecule has 1 aliphatic rings. The Balaban J connectivity index is 1.86. The van der Waals surface area contributed by atoms with Gasteiger partial charge in [0, 0.05) is 29.7 Å². The van der Waals surface area contributed by atoms with Gasteiger partial charge in [-0.2, -0.15) is 5.10 Å². The number of aromatic nitrogens is 3. The van der Waals surface area contributed by atoms with Gasteiger partial charge in [-0.05, 0) is 20.8 Å². The molecule has 3 heterocycles. The van der Waals surface area contributed by atoms with E-state index in [1.54, 1.807) is 27.1 Å². The number of carbonyl (C=O) groups is 1. The lowest BCUT2D eigenvalue weighted by Crippen LogP contribution is -2.46. The van der Waals surface area contributed by atoms with Crippen molar-refractivity contribution in [2.24, 2.45) is 0 Å². The van der Waals surface area contributed by atoms with Crippen molar-refractivity contribution >= 4 is 27.1 Å². The molecule has 0 radical (unpaired) electrons. The highest BCUT2D eigenvalue weighted by Gasteiger charge is 2.36. The largest absolute Gasteiger partial charge is 0.333 e. The van der Waals surface area contributed by atoms with E-state index in [0.29, 0.717) is 6.54 Å². The summed E-state index contributed by atoms with van der Waals surface area (Å²) in [5, 5.41) is 5.16. The van der Waals surface area contributed by atoms with Crippen molar-refractivity contribution in [2.45, 2.75) is 39.8 Å². The molecule has 2 aromatic rings. The Morgan fingerprint density at radius 2 is 2.16 bits per heavy atom. The van der Waals surface area contributed by atoms with E-state index in [2.05, 4.69) is 10.1 Å². The maximum atomic E-state index is 12.9. The molecule has 1 atom stereocenters. The number of thiazole rings is 1. The van der Waals surface area contributed by atoms with Crippen LogP contribution in [0, 0.1) is 13.8 Å². The van der Waals surface area contributed by atoms with Crippen LogP contribution in [0.4, 0.5) is 0 Å². The van der Waals surface area contributed by atoms with Crippen LogP contribution in [-0.2, 0) is 27.6 Å². The summed E-state index contributed by atoms with van der Waals surface area (Å²) in [6.07, 6.45) is 3.69. The summed E-state index contributed by atoms with van der Waals surface area (Å²) in [5.74, 6) is -0.132. The lowest BCUT2D eigenvalue weighted by molar-refractivity contribution is -0.132. The van der Waals surface area contributed by atoms with E-state index in [0.717, 1.165) is 21.1 Å². The van der Waals surface area contributed by atoms with E-state index in [1.165, 1.54) is 0 Å². The van der Waals surface area contributed by atoms with Gasteiger partial charge >= 0.3 is 0 Å². The quantitative estimate of drug-likeness (QED) is 0.800. The van der Waals surface area contributed by atoms with Crippen LogP contribution in [0.2, 0.25) is 0 Å². The van der Waals surface area contributed by atoms with Crippen LogP contribution >= 0.6 is 11.3 Å². The van der Waals surface area contributed by atoms with E-state index >= 15 is 0 Å². The summed E-state index contributed by atoms with van der Waals surface area (Å²) in [5.41, 5.74) is 1.55. The first kappa shape index (κ1) is 18.1. The molecule has 7 nitrogen and oxygen atoms in total. The molecule has 3 rings (SSSR count). The van der Waals surface area contributed by atoms with Gasteiger partial charge < -0.3 is 4.90 Å². The zero-order valence-corrected chi connectivity index (χ0v) is 16.2. The Morgan fingerprint density at radius 1 is 1.40 bits per heavy atom. The molecule has 0 aromatic carbocycles.